The fraction of sp³-hybridized carbons (Fsp3) is 0.556. The van der Waals surface area contributed by atoms with Crippen LogP contribution in [0.2, 0.25) is 0 Å². The van der Waals surface area contributed by atoms with Crippen LogP contribution in [0.3, 0.4) is 0 Å². The molecule has 2 fully saturated rings. The predicted octanol–water partition coefficient (Wildman–Crippen LogP) is 3.41. The molecule has 2 aromatic rings. The summed E-state index contributed by atoms with van der Waals surface area (Å²) in [7, 11) is 1.76. The highest BCUT2D eigenvalue weighted by molar-refractivity contribution is 5.76. The molecule has 1 aliphatic heterocycles. The van der Waals surface area contributed by atoms with E-state index in [1.165, 1.54) is 0 Å². The van der Waals surface area contributed by atoms with Crippen LogP contribution in [0.5, 0.6) is 0 Å². The van der Waals surface area contributed by atoms with Gasteiger partial charge in [0.1, 0.15) is 0 Å². The molecule has 150 valence electrons. The third-order valence-electron chi connectivity index (χ3n) is 5.23. The highest BCUT2D eigenvalue weighted by Gasteiger charge is 2.40. The molecule has 0 radical (unpaired) electrons. The number of nitrogens with one attached hydrogen (secondary N) is 1. The van der Waals surface area contributed by atoms with Gasteiger partial charge in [-0.1, -0.05) is 0 Å². The van der Waals surface area contributed by atoms with Gasteiger partial charge in [-0.2, -0.15) is 18.3 Å². The van der Waals surface area contributed by atoms with E-state index < -0.39 is 11.7 Å². The maximum atomic E-state index is 13.2. The van der Waals surface area contributed by atoms with Crippen LogP contribution in [0.4, 0.5) is 24.8 Å². The minimum atomic E-state index is -4.46. The van der Waals surface area contributed by atoms with Gasteiger partial charge in [-0.15, -0.1) is 0 Å². The third-order valence-corrected chi connectivity index (χ3v) is 5.23. The molecule has 28 heavy (non-hydrogen) atoms. The quantitative estimate of drug-likeness (QED) is 0.860. The van der Waals surface area contributed by atoms with Gasteiger partial charge in [-0.25, -0.2) is 9.97 Å². The summed E-state index contributed by atoms with van der Waals surface area (Å²) < 4.78 is 41.4. The average Bonchev–Trinajstić information content (AvgIpc) is 3.41. The van der Waals surface area contributed by atoms with Crippen molar-refractivity contribution >= 4 is 17.5 Å². The number of rotatable bonds is 4. The van der Waals surface area contributed by atoms with Crippen LogP contribution in [-0.4, -0.2) is 44.1 Å². The average molecular weight is 394 g/mol. The van der Waals surface area contributed by atoms with Gasteiger partial charge < -0.3 is 10.2 Å². The van der Waals surface area contributed by atoms with Crippen molar-refractivity contribution in [1.29, 1.82) is 0 Å². The van der Waals surface area contributed by atoms with E-state index in [9.17, 15) is 18.0 Å². The fourth-order valence-electron chi connectivity index (χ4n) is 3.46. The number of alkyl halides is 3. The summed E-state index contributed by atoms with van der Waals surface area (Å²) in [6, 6.07) is 0.0625. The smallest absolute Gasteiger partial charge is 0.344 e. The zero-order valence-electron chi connectivity index (χ0n) is 15.6. The first-order valence-electron chi connectivity index (χ1n) is 9.23. The summed E-state index contributed by atoms with van der Waals surface area (Å²) in [4.78, 5) is 21.4. The molecule has 2 aromatic heterocycles. The molecule has 1 atom stereocenters. The lowest BCUT2D eigenvalue weighted by molar-refractivity contribution is -0.138. The van der Waals surface area contributed by atoms with Crippen LogP contribution in [0.1, 0.15) is 54.6 Å². The van der Waals surface area contributed by atoms with Gasteiger partial charge in [-0.05, 0) is 26.2 Å². The molecule has 4 rings (SSSR count). The van der Waals surface area contributed by atoms with Crippen molar-refractivity contribution in [2.45, 2.75) is 50.7 Å². The summed E-state index contributed by atoms with van der Waals surface area (Å²) in [6.45, 7) is 2.38. The summed E-state index contributed by atoms with van der Waals surface area (Å²) >= 11 is 0. The molecule has 1 amide bonds. The zero-order valence-corrected chi connectivity index (χ0v) is 15.6. The molecule has 1 aliphatic carbocycles. The van der Waals surface area contributed by atoms with E-state index in [4.69, 9.17) is 0 Å². The van der Waals surface area contributed by atoms with Crippen LogP contribution in [0, 0.1) is 6.92 Å². The Labute approximate surface area is 160 Å². The standard InChI is InChI=1S/C18H21F3N6O/c1-10-14(9-27(25-10)12-5-6-15(28)26(2)8-12)23-17-22-7-13(18(19,20)21)16(24-17)11-3-4-11/h7,9,11-12H,3-6,8H2,1-2H3,(H,22,23,24). The molecule has 1 unspecified atom stereocenters. The minimum absolute atomic E-state index is 0.0578. The van der Waals surface area contributed by atoms with Crippen molar-refractivity contribution in [3.8, 4) is 0 Å². The molecular weight excluding hydrogens is 373 g/mol. The van der Waals surface area contributed by atoms with Gasteiger partial charge in [0.25, 0.3) is 0 Å². The Bertz CT molecular complexity index is 905. The first-order chi connectivity index (χ1) is 13.2. The van der Waals surface area contributed by atoms with E-state index in [1.54, 1.807) is 22.8 Å². The molecule has 7 nitrogen and oxygen atoms in total. The number of likely N-dealkylation sites (N-methyl/N-ethyl adjacent to an activating group) is 1. The van der Waals surface area contributed by atoms with Crippen molar-refractivity contribution < 1.29 is 18.0 Å². The molecule has 0 aromatic carbocycles. The van der Waals surface area contributed by atoms with Crippen LogP contribution in [-0.2, 0) is 11.0 Å². The first kappa shape index (κ1) is 18.7. The second kappa shape index (κ2) is 6.75. The number of amides is 1. The molecule has 0 spiro atoms. The van der Waals surface area contributed by atoms with E-state index in [0.717, 1.165) is 6.20 Å². The number of aryl methyl sites for hydroxylation is 1. The van der Waals surface area contributed by atoms with Crippen LogP contribution in [0.25, 0.3) is 0 Å². The summed E-state index contributed by atoms with van der Waals surface area (Å²) in [6.07, 6.45) is 0.782. The number of aromatic nitrogens is 4. The molecule has 2 aliphatic rings. The SMILES string of the molecule is Cc1nn(C2CCC(=O)N(C)C2)cc1Nc1ncc(C(F)(F)F)c(C2CC2)n1. The molecule has 1 N–H and O–H groups in total. The predicted molar refractivity (Wildman–Crippen MR) is 95.2 cm³/mol. The van der Waals surface area contributed by atoms with E-state index >= 15 is 0 Å². The van der Waals surface area contributed by atoms with Gasteiger partial charge in [0.15, 0.2) is 0 Å². The lowest BCUT2D eigenvalue weighted by atomic mass is 10.1. The second-order valence-electron chi connectivity index (χ2n) is 7.46. The van der Waals surface area contributed by atoms with Crippen LogP contribution in [0.15, 0.2) is 12.4 Å². The molecule has 0 bridgehead atoms. The number of anilines is 2. The molecule has 3 heterocycles. The van der Waals surface area contributed by atoms with Crippen molar-refractivity contribution in [2.24, 2.45) is 0 Å². The maximum Gasteiger partial charge on any atom is 0.419 e. The van der Waals surface area contributed by atoms with Crippen LogP contribution >= 0.6 is 0 Å². The maximum absolute atomic E-state index is 13.2. The minimum Gasteiger partial charge on any atom is -0.344 e. The van der Waals surface area contributed by atoms with E-state index in [1.807, 2.05) is 6.92 Å². The van der Waals surface area contributed by atoms with Gasteiger partial charge in [-0.3, -0.25) is 9.48 Å². The second-order valence-corrected chi connectivity index (χ2v) is 7.46. The Hall–Kier alpha value is -2.65. The number of piperidine rings is 1. The zero-order chi connectivity index (χ0) is 20.1. The van der Waals surface area contributed by atoms with Gasteiger partial charge in [0, 0.05) is 38.3 Å². The van der Waals surface area contributed by atoms with Crippen LogP contribution < -0.4 is 5.32 Å². The van der Waals surface area contributed by atoms with Gasteiger partial charge in [0.05, 0.1) is 28.7 Å². The molecule has 1 saturated heterocycles. The molecule has 10 heteroatoms. The van der Waals surface area contributed by atoms with Gasteiger partial charge in [0.2, 0.25) is 11.9 Å². The number of hydrogen-bond acceptors (Lipinski definition) is 5. The van der Waals surface area contributed by atoms with Crippen molar-refractivity contribution in [3.05, 3.63) is 29.3 Å². The summed E-state index contributed by atoms with van der Waals surface area (Å²) in [5.74, 6) is 0.0945. The monoisotopic (exact) mass is 394 g/mol. The number of nitrogens with zero attached hydrogens (tertiary/aromatic N) is 5. The Morgan fingerprint density at radius 2 is 2.00 bits per heavy atom. The number of likely N-dealkylation sites (tertiary alicyclic amines) is 1. The van der Waals surface area contributed by atoms with Crippen molar-refractivity contribution in [2.75, 3.05) is 18.9 Å². The lowest BCUT2D eigenvalue weighted by Gasteiger charge is -2.29. The van der Waals surface area contributed by atoms with Gasteiger partial charge >= 0.3 is 6.18 Å². The van der Waals surface area contributed by atoms with E-state index in [0.29, 0.717) is 43.6 Å². The largest absolute Gasteiger partial charge is 0.419 e. The molecular formula is C18H21F3N6O. The Balaban J connectivity index is 1.56. The third kappa shape index (κ3) is 3.67. The lowest BCUT2D eigenvalue weighted by Crippen LogP contribution is -2.38. The Kier molecular flexibility index (Phi) is 4.51. The summed E-state index contributed by atoms with van der Waals surface area (Å²) in [5.41, 5.74) is 0.627. The number of halogens is 3. The van der Waals surface area contributed by atoms with Crippen molar-refractivity contribution in [3.63, 3.8) is 0 Å². The number of carbonyl (C=O) groups is 1. The number of hydrogen-bond donors (Lipinski definition) is 1. The Morgan fingerprint density at radius 3 is 2.64 bits per heavy atom. The highest BCUT2D eigenvalue weighted by atomic mass is 19.4. The Morgan fingerprint density at radius 1 is 1.25 bits per heavy atom. The first-order valence-corrected chi connectivity index (χ1v) is 9.23. The highest BCUT2D eigenvalue weighted by Crippen LogP contribution is 2.45. The fourth-order valence-corrected chi connectivity index (χ4v) is 3.46. The van der Waals surface area contributed by atoms with E-state index in [-0.39, 0.29) is 29.5 Å². The topological polar surface area (TPSA) is 75.9 Å². The van der Waals surface area contributed by atoms with Crippen molar-refractivity contribution in [1.82, 2.24) is 24.6 Å². The summed E-state index contributed by atoms with van der Waals surface area (Å²) in [5, 5.41) is 7.50. The molecule has 1 saturated carbocycles. The number of carbonyl (C=O) groups excluding carboxylic acids is 1. The normalized spacial score (nSPS) is 20.5. The van der Waals surface area contributed by atoms with E-state index in [2.05, 4.69) is 20.4 Å².